The highest BCUT2D eigenvalue weighted by atomic mass is 35.5. The van der Waals surface area contributed by atoms with Crippen molar-refractivity contribution in [3.8, 4) is 5.75 Å². The van der Waals surface area contributed by atoms with Gasteiger partial charge in [-0.05, 0) is 30.5 Å². The maximum atomic E-state index is 12.5. The monoisotopic (exact) mass is 383 g/mol. The van der Waals surface area contributed by atoms with Crippen LogP contribution in [0.4, 0.5) is 0 Å². The molecule has 0 saturated heterocycles. The van der Waals surface area contributed by atoms with Crippen LogP contribution in [0.25, 0.3) is 0 Å². The van der Waals surface area contributed by atoms with Crippen molar-refractivity contribution < 1.29 is 9.53 Å². The zero-order chi connectivity index (χ0) is 17.5. The Morgan fingerprint density at radius 1 is 1.36 bits per heavy atom. The number of amides is 1. The molecule has 2 aromatic rings. The first-order valence-electron chi connectivity index (χ1n) is 8.12. The molecule has 3 N–H and O–H groups in total. The van der Waals surface area contributed by atoms with Gasteiger partial charge in [-0.2, -0.15) is 0 Å². The van der Waals surface area contributed by atoms with Gasteiger partial charge in [0.05, 0.1) is 12.1 Å². The van der Waals surface area contributed by atoms with E-state index >= 15 is 0 Å². The van der Waals surface area contributed by atoms with Gasteiger partial charge in [-0.1, -0.05) is 32.0 Å². The fourth-order valence-electron chi connectivity index (χ4n) is 2.46. The first-order chi connectivity index (χ1) is 11.5. The smallest absolute Gasteiger partial charge is 0.270 e. The van der Waals surface area contributed by atoms with Crippen molar-refractivity contribution in [1.82, 2.24) is 10.3 Å². The van der Waals surface area contributed by atoms with Crippen LogP contribution in [0.15, 0.2) is 29.6 Å². The molecule has 1 aromatic carbocycles. The van der Waals surface area contributed by atoms with Crippen LogP contribution in [0, 0.1) is 5.92 Å². The topological polar surface area (TPSA) is 77.2 Å². The van der Waals surface area contributed by atoms with Crippen molar-refractivity contribution in [1.29, 1.82) is 0 Å². The Morgan fingerprint density at radius 3 is 2.72 bits per heavy atom. The van der Waals surface area contributed by atoms with Gasteiger partial charge in [0.25, 0.3) is 5.91 Å². The highest BCUT2D eigenvalue weighted by Crippen LogP contribution is 2.21. The lowest BCUT2D eigenvalue weighted by molar-refractivity contribution is 0.0921. The summed E-state index contributed by atoms with van der Waals surface area (Å²) >= 11 is 1.48. The molecule has 0 aliphatic carbocycles. The molecule has 138 valence electrons. The Hall–Kier alpha value is -1.63. The van der Waals surface area contributed by atoms with Crippen LogP contribution in [0.5, 0.6) is 5.75 Å². The number of hydrogen-bond donors (Lipinski definition) is 2. The number of halogens is 1. The van der Waals surface area contributed by atoms with E-state index in [9.17, 15) is 4.79 Å². The Labute approximate surface area is 159 Å². The summed E-state index contributed by atoms with van der Waals surface area (Å²) in [5.74, 6) is 1.00. The first kappa shape index (κ1) is 21.4. The average molecular weight is 384 g/mol. The number of nitrogens with one attached hydrogen (secondary N) is 1. The number of benzene rings is 1. The molecule has 2 rings (SSSR count). The molecule has 25 heavy (non-hydrogen) atoms. The quantitative estimate of drug-likeness (QED) is 0.734. The van der Waals surface area contributed by atoms with E-state index in [-0.39, 0.29) is 24.4 Å². The van der Waals surface area contributed by atoms with E-state index in [0.717, 1.165) is 16.3 Å². The van der Waals surface area contributed by atoms with Gasteiger partial charge >= 0.3 is 0 Å². The van der Waals surface area contributed by atoms with E-state index in [2.05, 4.69) is 24.1 Å². The number of thiazole rings is 1. The van der Waals surface area contributed by atoms with Gasteiger partial charge in [0, 0.05) is 17.8 Å². The Bertz CT molecular complexity index is 676. The number of hydrogen-bond acceptors (Lipinski definition) is 5. The molecule has 1 amide bonds. The number of nitrogens with zero attached hydrogens (tertiary/aromatic N) is 1. The summed E-state index contributed by atoms with van der Waals surface area (Å²) in [6, 6.07) is 7.90. The van der Waals surface area contributed by atoms with E-state index in [0.29, 0.717) is 31.0 Å². The van der Waals surface area contributed by atoms with Crippen molar-refractivity contribution in [2.45, 2.75) is 32.7 Å². The molecule has 0 saturated carbocycles. The molecule has 1 unspecified atom stereocenters. The fraction of sp³-hybridized carbons (Fsp3) is 0.444. The molecular formula is C18H26ClN3O2S. The second kappa shape index (κ2) is 10.4. The minimum Gasteiger partial charge on any atom is -0.496 e. The minimum absolute atomic E-state index is 0. The molecule has 0 radical (unpaired) electrons. The lowest BCUT2D eigenvalue weighted by atomic mass is 9.95. The molecular weight excluding hydrogens is 358 g/mol. The zero-order valence-electron chi connectivity index (χ0n) is 14.8. The average Bonchev–Trinajstić information content (AvgIpc) is 3.03. The predicted molar refractivity (Wildman–Crippen MR) is 105 cm³/mol. The molecule has 7 heteroatoms. The van der Waals surface area contributed by atoms with E-state index in [1.165, 1.54) is 11.3 Å². The van der Waals surface area contributed by atoms with Crippen LogP contribution >= 0.6 is 23.7 Å². The normalized spacial score (nSPS) is 11.7. The number of carbonyl (C=O) groups excluding carboxylic acids is 1. The first-order valence-corrected chi connectivity index (χ1v) is 9.00. The van der Waals surface area contributed by atoms with Gasteiger partial charge in [-0.15, -0.1) is 23.7 Å². The van der Waals surface area contributed by atoms with Crippen LogP contribution in [0.1, 0.15) is 34.9 Å². The predicted octanol–water partition coefficient (Wildman–Crippen LogP) is 3.07. The van der Waals surface area contributed by atoms with Crippen molar-refractivity contribution in [3.05, 3.63) is 45.9 Å². The van der Waals surface area contributed by atoms with Gasteiger partial charge in [0.2, 0.25) is 0 Å². The molecule has 0 bridgehead atoms. The van der Waals surface area contributed by atoms with Crippen LogP contribution in [-0.2, 0) is 12.8 Å². The molecule has 1 atom stereocenters. The summed E-state index contributed by atoms with van der Waals surface area (Å²) in [7, 11) is 1.66. The molecule has 5 nitrogen and oxygen atoms in total. The molecule has 0 aliphatic rings. The lowest BCUT2D eigenvalue weighted by Crippen LogP contribution is -2.40. The van der Waals surface area contributed by atoms with Crippen molar-refractivity contribution >= 4 is 29.7 Å². The lowest BCUT2D eigenvalue weighted by Gasteiger charge is -2.23. The van der Waals surface area contributed by atoms with Gasteiger partial charge in [0.1, 0.15) is 11.4 Å². The summed E-state index contributed by atoms with van der Waals surface area (Å²) in [5, 5.41) is 5.80. The van der Waals surface area contributed by atoms with Crippen LogP contribution in [0.2, 0.25) is 0 Å². The van der Waals surface area contributed by atoms with Crippen molar-refractivity contribution in [2.24, 2.45) is 11.7 Å². The highest BCUT2D eigenvalue weighted by molar-refractivity contribution is 7.09. The van der Waals surface area contributed by atoms with E-state index in [1.54, 1.807) is 12.5 Å². The van der Waals surface area contributed by atoms with Gasteiger partial charge < -0.3 is 15.8 Å². The SMILES string of the molecule is COc1ccccc1CC(NC(=O)c1csc(CCN)n1)C(C)C.Cl. The van der Waals surface area contributed by atoms with Crippen LogP contribution in [0.3, 0.4) is 0 Å². The van der Waals surface area contributed by atoms with E-state index in [4.69, 9.17) is 10.5 Å². The number of nitrogens with two attached hydrogens (primary N) is 1. The summed E-state index contributed by atoms with van der Waals surface area (Å²) in [4.78, 5) is 16.8. The maximum Gasteiger partial charge on any atom is 0.270 e. The fourth-order valence-corrected chi connectivity index (χ4v) is 3.25. The zero-order valence-corrected chi connectivity index (χ0v) is 16.5. The van der Waals surface area contributed by atoms with E-state index < -0.39 is 0 Å². The molecule has 0 aliphatic heterocycles. The largest absolute Gasteiger partial charge is 0.496 e. The number of aromatic nitrogens is 1. The molecule has 1 heterocycles. The summed E-state index contributed by atoms with van der Waals surface area (Å²) < 4.78 is 5.41. The molecule has 1 aromatic heterocycles. The summed E-state index contributed by atoms with van der Waals surface area (Å²) in [6.45, 7) is 4.74. The molecule has 0 fully saturated rings. The number of ether oxygens (including phenoxy) is 1. The van der Waals surface area contributed by atoms with Crippen LogP contribution < -0.4 is 15.8 Å². The second-order valence-electron chi connectivity index (χ2n) is 6.01. The van der Waals surface area contributed by atoms with Crippen molar-refractivity contribution in [2.75, 3.05) is 13.7 Å². The summed E-state index contributed by atoms with van der Waals surface area (Å²) in [6.07, 6.45) is 1.42. The highest BCUT2D eigenvalue weighted by Gasteiger charge is 2.20. The van der Waals surface area contributed by atoms with Crippen molar-refractivity contribution in [3.63, 3.8) is 0 Å². The Kier molecular flexibility index (Phi) is 8.89. The molecule has 0 spiro atoms. The third kappa shape index (κ3) is 5.99. The number of methoxy groups -OCH3 is 1. The standard InChI is InChI=1S/C18H25N3O2S.ClH/c1-12(2)14(10-13-6-4-5-7-16(13)23-3)21-18(22)15-11-24-17(20-15)8-9-19;/h4-7,11-12,14H,8-10,19H2,1-3H3,(H,21,22);1H. The summed E-state index contributed by atoms with van der Waals surface area (Å²) in [5.41, 5.74) is 7.09. The van der Waals surface area contributed by atoms with Gasteiger partial charge in [0.15, 0.2) is 0 Å². The van der Waals surface area contributed by atoms with Gasteiger partial charge in [-0.25, -0.2) is 4.98 Å². The second-order valence-corrected chi connectivity index (χ2v) is 6.95. The maximum absolute atomic E-state index is 12.5. The number of carbonyl (C=O) groups is 1. The minimum atomic E-state index is -0.136. The third-order valence-corrected chi connectivity index (χ3v) is 4.80. The van der Waals surface area contributed by atoms with Gasteiger partial charge in [-0.3, -0.25) is 4.79 Å². The van der Waals surface area contributed by atoms with Crippen LogP contribution in [-0.4, -0.2) is 30.6 Å². The van der Waals surface area contributed by atoms with E-state index in [1.807, 2.05) is 24.3 Å². The third-order valence-electron chi connectivity index (χ3n) is 3.90. The number of rotatable bonds is 8. The number of para-hydroxylation sites is 1. The Morgan fingerprint density at radius 2 is 2.08 bits per heavy atom. The Balaban J connectivity index is 0.00000312.